The Bertz CT molecular complexity index is 568. The van der Waals surface area contributed by atoms with Crippen molar-refractivity contribution in [2.24, 2.45) is 0 Å². The number of anilines is 1. The van der Waals surface area contributed by atoms with E-state index in [0.717, 1.165) is 25.7 Å². The van der Waals surface area contributed by atoms with Crippen LogP contribution in [0.5, 0.6) is 5.88 Å². The molecule has 0 spiro atoms. The van der Waals surface area contributed by atoms with Gasteiger partial charge < -0.3 is 20.3 Å². The molecule has 0 aliphatic heterocycles. The molecule has 1 heterocycles. The highest BCUT2D eigenvalue weighted by atomic mass is 16.5. The molecule has 1 aromatic rings. The third-order valence-corrected chi connectivity index (χ3v) is 4.48. The van der Waals surface area contributed by atoms with Crippen LogP contribution in [0.15, 0.2) is 18.3 Å². The minimum absolute atomic E-state index is 0.0536. The van der Waals surface area contributed by atoms with Crippen molar-refractivity contribution in [2.45, 2.75) is 31.2 Å². The number of ether oxygens (including phenoxy) is 1. The van der Waals surface area contributed by atoms with E-state index in [4.69, 9.17) is 4.74 Å². The Kier molecular flexibility index (Phi) is 5.54. The summed E-state index contributed by atoms with van der Waals surface area (Å²) in [6.07, 6.45) is 5.90. The monoisotopic (exact) mass is 320 g/mol. The molecule has 2 N–H and O–H groups in total. The summed E-state index contributed by atoms with van der Waals surface area (Å²) >= 11 is 0. The van der Waals surface area contributed by atoms with Crippen molar-refractivity contribution in [3.05, 3.63) is 18.3 Å². The maximum absolute atomic E-state index is 12.1. The first-order valence-corrected chi connectivity index (χ1v) is 7.74. The van der Waals surface area contributed by atoms with Crippen LogP contribution in [0.3, 0.4) is 0 Å². The van der Waals surface area contributed by atoms with Gasteiger partial charge in [0.15, 0.2) is 0 Å². The quantitative estimate of drug-likeness (QED) is 0.792. The smallest absolute Gasteiger partial charge is 0.313 e. The predicted octanol–water partition coefficient (Wildman–Crippen LogP) is 1.02. The molecule has 1 saturated carbocycles. The summed E-state index contributed by atoms with van der Waals surface area (Å²) in [6, 6.07) is 3.30. The lowest BCUT2D eigenvalue weighted by atomic mass is 9.96. The Morgan fingerprint density at radius 3 is 2.61 bits per heavy atom. The van der Waals surface area contributed by atoms with Gasteiger partial charge in [-0.3, -0.25) is 9.59 Å². The van der Waals surface area contributed by atoms with Gasteiger partial charge in [0.2, 0.25) is 5.88 Å². The van der Waals surface area contributed by atoms with Gasteiger partial charge in [0.05, 0.1) is 7.11 Å². The van der Waals surface area contributed by atoms with Crippen molar-refractivity contribution >= 4 is 17.5 Å². The Morgan fingerprint density at radius 1 is 1.30 bits per heavy atom. The average molecular weight is 320 g/mol. The van der Waals surface area contributed by atoms with Gasteiger partial charge in [-0.25, -0.2) is 4.98 Å². The van der Waals surface area contributed by atoms with Crippen LogP contribution in [-0.2, 0) is 9.59 Å². The highest BCUT2D eigenvalue weighted by Crippen LogP contribution is 2.33. The summed E-state index contributed by atoms with van der Waals surface area (Å²) < 4.78 is 5.05. The van der Waals surface area contributed by atoms with Gasteiger partial charge in [0, 0.05) is 18.3 Å². The number of carbonyl (C=O) groups excluding carboxylic acids is 2. The largest absolute Gasteiger partial charge is 0.480 e. The van der Waals surface area contributed by atoms with E-state index in [1.54, 1.807) is 18.3 Å². The minimum atomic E-state index is -0.719. The summed E-state index contributed by atoms with van der Waals surface area (Å²) in [7, 11) is 5.48. The fourth-order valence-electron chi connectivity index (χ4n) is 2.97. The lowest BCUT2D eigenvalue weighted by Crippen LogP contribution is -2.52. The Labute approximate surface area is 136 Å². The number of hydrogen-bond acceptors (Lipinski definition) is 5. The van der Waals surface area contributed by atoms with Crippen LogP contribution in [0.1, 0.15) is 25.7 Å². The summed E-state index contributed by atoms with van der Waals surface area (Å²) in [4.78, 5) is 30.2. The number of amides is 2. The number of carbonyl (C=O) groups is 2. The number of likely N-dealkylation sites (N-methyl/N-ethyl adjacent to an activating group) is 1. The van der Waals surface area contributed by atoms with Crippen molar-refractivity contribution < 1.29 is 14.3 Å². The summed E-state index contributed by atoms with van der Waals surface area (Å²) in [6.45, 7) is 0.469. The molecule has 1 aliphatic rings. The molecule has 0 radical (unpaired) electrons. The van der Waals surface area contributed by atoms with Crippen molar-refractivity contribution in [3.8, 4) is 5.88 Å². The number of pyridine rings is 1. The van der Waals surface area contributed by atoms with E-state index < -0.39 is 11.8 Å². The third-order valence-electron chi connectivity index (χ3n) is 4.48. The van der Waals surface area contributed by atoms with Crippen LogP contribution in [0.2, 0.25) is 0 Å². The van der Waals surface area contributed by atoms with Gasteiger partial charge >= 0.3 is 11.8 Å². The molecule has 23 heavy (non-hydrogen) atoms. The van der Waals surface area contributed by atoms with Crippen molar-refractivity contribution in [1.29, 1.82) is 0 Å². The molecule has 1 fully saturated rings. The molecule has 7 nitrogen and oxygen atoms in total. The Morgan fingerprint density at radius 2 is 2.00 bits per heavy atom. The van der Waals surface area contributed by atoms with Gasteiger partial charge in [-0.05, 0) is 39.1 Å². The standard InChI is InChI=1S/C16H24N4O3/c1-20(2)16(8-4-5-9-16)11-18-13(21)14(22)19-12-7-6-10-17-15(12)23-3/h6-7,10H,4-5,8-9,11H2,1-3H3,(H,18,21)(H,19,22). The second-order valence-corrected chi connectivity index (χ2v) is 6.02. The topological polar surface area (TPSA) is 83.6 Å². The molecule has 0 aromatic carbocycles. The van der Waals surface area contributed by atoms with Crippen LogP contribution in [0.25, 0.3) is 0 Å². The van der Waals surface area contributed by atoms with Crippen LogP contribution < -0.4 is 15.4 Å². The maximum atomic E-state index is 12.1. The molecular formula is C16H24N4O3. The molecule has 2 rings (SSSR count). The first-order valence-electron chi connectivity index (χ1n) is 7.74. The molecule has 0 saturated heterocycles. The molecule has 1 aliphatic carbocycles. The molecule has 0 bridgehead atoms. The van der Waals surface area contributed by atoms with E-state index in [1.807, 2.05) is 14.1 Å². The molecular weight excluding hydrogens is 296 g/mol. The molecule has 126 valence electrons. The minimum Gasteiger partial charge on any atom is -0.480 e. The Hall–Kier alpha value is -2.15. The van der Waals surface area contributed by atoms with Crippen LogP contribution in [0.4, 0.5) is 5.69 Å². The fourth-order valence-corrected chi connectivity index (χ4v) is 2.97. The zero-order chi connectivity index (χ0) is 16.9. The molecule has 0 atom stereocenters. The lowest BCUT2D eigenvalue weighted by Gasteiger charge is -2.36. The highest BCUT2D eigenvalue weighted by molar-refractivity contribution is 6.39. The van der Waals surface area contributed by atoms with Gasteiger partial charge in [-0.1, -0.05) is 12.8 Å². The zero-order valence-electron chi connectivity index (χ0n) is 13.9. The third kappa shape index (κ3) is 3.98. The number of methoxy groups -OCH3 is 1. The van der Waals surface area contributed by atoms with E-state index >= 15 is 0 Å². The van der Waals surface area contributed by atoms with Crippen molar-refractivity contribution in [3.63, 3.8) is 0 Å². The van der Waals surface area contributed by atoms with E-state index in [1.165, 1.54) is 7.11 Å². The number of nitrogens with zero attached hydrogens (tertiary/aromatic N) is 2. The number of aromatic nitrogens is 1. The highest BCUT2D eigenvalue weighted by Gasteiger charge is 2.36. The van der Waals surface area contributed by atoms with Gasteiger partial charge in [0.25, 0.3) is 0 Å². The van der Waals surface area contributed by atoms with Crippen LogP contribution >= 0.6 is 0 Å². The molecule has 0 unspecified atom stereocenters. The van der Waals surface area contributed by atoms with Crippen molar-refractivity contribution in [2.75, 3.05) is 33.1 Å². The second-order valence-electron chi connectivity index (χ2n) is 6.02. The lowest BCUT2D eigenvalue weighted by molar-refractivity contribution is -0.136. The van der Waals surface area contributed by atoms with Crippen LogP contribution in [0, 0.1) is 0 Å². The van der Waals surface area contributed by atoms with Crippen molar-refractivity contribution in [1.82, 2.24) is 15.2 Å². The number of hydrogen-bond donors (Lipinski definition) is 2. The second kappa shape index (κ2) is 7.41. The molecule has 7 heteroatoms. The SMILES string of the molecule is COc1ncccc1NC(=O)C(=O)NCC1(N(C)C)CCCC1. The first-order chi connectivity index (χ1) is 11.0. The number of nitrogens with one attached hydrogen (secondary N) is 2. The molecule has 2 amide bonds. The van der Waals surface area contributed by atoms with E-state index in [9.17, 15) is 9.59 Å². The van der Waals surface area contributed by atoms with E-state index in [2.05, 4.69) is 20.5 Å². The summed E-state index contributed by atoms with van der Waals surface area (Å²) in [5, 5.41) is 5.28. The maximum Gasteiger partial charge on any atom is 0.313 e. The Balaban J connectivity index is 1.94. The van der Waals surface area contributed by atoms with E-state index in [-0.39, 0.29) is 11.4 Å². The van der Waals surface area contributed by atoms with Crippen LogP contribution in [-0.4, -0.2) is 55.0 Å². The summed E-state index contributed by atoms with van der Waals surface area (Å²) in [5.74, 6) is -1.10. The predicted molar refractivity (Wildman–Crippen MR) is 87.3 cm³/mol. The van der Waals surface area contributed by atoms with Gasteiger partial charge in [-0.15, -0.1) is 0 Å². The average Bonchev–Trinajstić information content (AvgIpc) is 3.03. The zero-order valence-corrected chi connectivity index (χ0v) is 13.9. The van der Waals surface area contributed by atoms with E-state index in [0.29, 0.717) is 12.2 Å². The fraction of sp³-hybridized carbons (Fsp3) is 0.562. The first kappa shape index (κ1) is 17.2. The molecule has 1 aromatic heterocycles. The number of rotatable bonds is 5. The van der Waals surface area contributed by atoms with Gasteiger partial charge in [0.1, 0.15) is 5.69 Å². The normalized spacial score (nSPS) is 16.2. The summed E-state index contributed by atoms with van der Waals surface area (Å²) in [5.41, 5.74) is 0.320. The van der Waals surface area contributed by atoms with Gasteiger partial charge in [-0.2, -0.15) is 0 Å².